The second-order valence-electron chi connectivity index (χ2n) is 3.44. The highest BCUT2D eigenvalue weighted by Gasteiger charge is 1.91. The number of hydrogen-bond donors (Lipinski definition) is 4. The van der Waals surface area contributed by atoms with Gasteiger partial charge in [0.05, 0.1) is 6.61 Å². The third-order valence-corrected chi connectivity index (χ3v) is 2.02. The molecule has 0 atom stereocenters. The van der Waals surface area contributed by atoms with Crippen molar-refractivity contribution in [2.24, 2.45) is 0 Å². The summed E-state index contributed by atoms with van der Waals surface area (Å²) in [4.78, 5) is 0. The fraction of sp³-hybridized carbons (Fsp3) is 0.455. The Bertz CT molecular complexity index is 402. The first-order valence-electron chi connectivity index (χ1n) is 5.63. The van der Waals surface area contributed by atoms with E-state index in [2.05, 4.69) is 17.9 Å². The van der Waals surface area contributed by atoms with Gasteiger partial charge in [-0.05, 0) is 25.1 Å². The van der Waals surface area contributed by atoms with Crippen LogP contribution >= 0.6 is 12.6 Å². The van der Waals surface area contributed by atoms with E-state index in [1.54, 1.807) is 0 Å². The second kappa shape index (κ2) is 11.1. The van der Waals surface area contributed by atoms with Gasteiger partial charge >= 0.3 is 10.4 Å². The minimum absolute atomic E-state index is 0.767. The Morgan fingerprint density at radius 2 is 1.74 bits per heavy atom. The second-order valence-corrected chi connectivity index (χ2v) is 4.78. The average Bonchev–Trinajstić information content (AvgIpc) is 2.33. The molecule has 0 aliphatic carbocycles. The van der Waals surface area contributed by atoms with Crippen LogP contribution in [0.5, 0.6) is 5.75 Å². The molecule has 19 heavy (non-hydrogen) atoms. The van der Waals surface area contributed by atoms with Gasteiger partial charge in [0.15, 0.2) is 0 Å². The maximum absolute atomic E-state index is 8.74. The van der Waals surface area contributed by atoms with E-state index in [0.29, 0.717) is 0 Å². The van der Waals surface area contributed by atoms with E-state index in [1.807, 2.05) is 30.3 Å². The first-order valence-corrected chi connectivity index (χ1v) is 7.65. The number of ether oxygens (including phenoxy) is 1. The van der Waals surface area contributed by atoms with Gasteiger partial charge in [-0.1, -0.05) is 18.2 Å². The Labute approximate surface area is 119 Å². The van der Waals surface area contributed by atoms with Crippen molar-refractivity contribution in [3.05, 3.63) is 30.3 Å². The Balaban J connectivity index is 0.000000555. The molecule has 0 aromatic heterocycles. The van der Waals surface area contributed by atoms with Gasteiger partial charge in [0.2, 0.25) is 0 Å². The number of nitrogens with one attached hydrogen (secondary N) is 1. The minimum Gasteiger partial charge on any atom is -0.494 e. The van der Waals surface area contributed by atoms with E-state index in [4.69, 9.17) is 22.3 Å². The molecule has 0 fully saturated rings. The van der Waals surface area contributed by atoms with Crippen LogP contribution in [0, 0.1) is 0 Å². The van der Waals surface area contributed by atoms with Crippen LogP contribution in [0.4, 0.5) is 0 Å². The van der Waals surface area contributed by atoms with Crippen LogP contribution in [0.15, 0.2) is 30.3 Å². The van der Waals surface area contributed by atoms with Crippen molar-refractivity contribution in [3.63, 3.8) is 0 Å². The van der Waals surface area contributed by atoms with Crippen molar-refractivity contribution in [2.45, 2.75) is 6.42 Å². The SMILES string of the molecule is O=S(=O)(O)O.SCCNCCCOc1ccccc1. The molecule has 1 aromatic carbocycles. The number of thiol groups is 1. The van der Waals surface area contributed by atoms with Crippen LogP contribution in [0.3, 0.4) is 0 Å². The quantitative estimate of drug-likeness (QED) is 0.345. The van der Waals surface area contributed by atoms with Gasteiger partial charge < -0.3 is 10.1 Å². The van der Waals surface area contributed by atoms with Gasteiger partial charge in [0, 0.05) is 12.3 Å². The molecule has 0 saturated carbocycles. The van der Waals surface area contributed by atoms with Crippen LogP contribution in [-0.2, 0) is 10.4 Å². The lowest BCUT2D eigenvalue weighted by atomic mass is 10.3. The molecule has 0 aliphatic heterocycles. The summed E-state index contributed by atoms with van der Waals surface area (Å²) in [6.45, 7) is 2.73. The number of benzene rings is 1. The van der Waals surface area contributed by atoms with E-state index >= 15 is 0 Å². The van der Waals surface area contributed by atoms with E-state index in [1.165, 1.54) is 0 Å². The number of hydrogen-bond acceptors (Lipinski definition) is 5. The molecule has 0 bridgehead atoms. The molecular formula is C11H19NO5S2. The molecule has 0 amide bonds. The Kier molecular flexibility index (Phi) is 10.6. The molecule has 6 nitrogen and oxygen atoms in total. The summed E-state index contributed by atoms with van der Waals surface area (Å²) in [6, 6.07) is 9.90. The van der Waals surface area contributed by atoms with Crippen molar-refractivity contribution >= 4 is 23.0 Å². The Morgan fingerprint density at radius 3 is 2.26 bits per heavy atom. The lowest BCUT2D eigenvalue weighted by Crippen LogP contribution is -2.19. The summed E-state index contributed by atoms with van der Waals surface area (Å²) in [5, 5.41) is 3.26. The largest absolute Gasteiger partial charge is 0.494 e. The lowest BCUT2D eigenvalue weighted by molar-refractivity contribution is 0.309. The highest BCUT2D eigenvalue weighted by Crippen LogP contribution is 2.07. The topological polar surface area (TPSA) is 95.9 Å². The van der Waals surface area contributed by atoms with Crippen molar-refractivity contribution in [2.75, 3.05) is 25.4 Å². The van der Waals surface area contributed by atoms with Crippen molar-refractivity contribution < 1.29 is 22.3 Å². The molecule has 1 rings (SSSR count). The van der Waals surface area contributed by atoms with Crippen LogP contribution in [0.25, 0.3) is 0 Å². The molecule has 110 valence electrons. The summed E-state index contributed by atoms with van der Waals surface area (Å²) in [7, 11) is -4.67. The van der Waals surface area contributed by atoms with Crippen molar-refractivity contribution in [1.29, 1.82) is 0 Å². The van der Waals surface area contributed by atoms with Gasteiger partial charge in [-0.2, -0.15) is 21.0 Å². The van der Waals surface area contributed by atoms with E-state index < -0.39 is 10.4 Å². The van der Waals surface area contributed by atoms with Crippen LogP contribution < -0.4 is 10.1 Å². The normalized spacial score (nSPS) is 10.5. The molecule has 0 aliphatic rings. The smallest absolute Gasteiger partial charge is 0.394 e. The molecular weight excluding hydrogens is 290 g/mol. The molecule has 0 saturated heterocycles. The van der Waals surface area contributed by atoms with Gasteiger partial charge in [0.1, 0.15) is 5.75 Å². The summed E-state index contributed by atoms with van der Waals surface area (Å²) >= 11 is 4.11. The van der Waals surface area contributed by atoms with Gasteiger partial charge in [0.25, 0.3) is 0 Å². The van der Waals surface area contributed by atoms with Crippen LogP contribution in [-0.4, -0.2) is 43.0 Å². The molecule has 8 heteroatoms. The minimum atomic E-state index is -4.67. The van der Waals surface area contributed by atoms with Crippen LogP contribution in [0.1, 0.15) is 6.42 Å². The summed E-state index contributed by atoms with van der Waals surface area (Å²) in [5.74, 6) is 1.83. The lowest BCUT2D eigenvalue weighted by Gasteiger charge is -2.05. The zero-order valence-electron chi connectivity index (χ0n) is 10.4. The maximum atomic E-state index is 8.74. The average molecular weight is 309 g/mol. The number of para-hydroxylation sites is 1. The van der Waals surface area contributed by atoms with E-state index in [9.17, 15) is 0 Å². The first kappa shape index (κ1) is 18.2. The maximum Gasteiger partial charge on any atom is 0.394 e. The third-order valence-electron chi connectivity index (χ3n) is 1.80. The first-order chi connectivity index (χ1) is 8.93. The molecule has 0 unspecified atom stereocenters. The predicted molar refractivity (Wildman–Crippen MR) is 77.5 cm³/mol. The fourth-order valence-electron chi connectivity index (χ4n) is 1.11. The highest BCUT2D eigenvalue weighted by atomic mass is 32.3. The molecule has 1 aromatic rings. The van der Waals surface area contributed by atoms with Crippen molar-refractivity contribution in [3.8, 4) is 5.75 Å². The van der Waals surface area contributed by atoms with Gasteiger partial charge in [-0.3, -0.25) is 9.11 Å². The zero-order chi connectivity index (χ0) is 14.6. The zero-order valence-corrected chi connectivity index (χ0v) is 12.1. The molecule has 3 N–H and O–H groups in total. The Morgan fingerprint density at radius 1 is 1.16 bits per heavy atom. The summed E-state index contributed by atoms with van der Waals surface area (Å²) < 4.78 is 37.1. The standard InChI is InChI=1S/C11H17NOS.H2O4S/c14-10-8-12-7-4-9-13-11-5-2-1-3-6-11;1-5(2,3)4/h1-3,5-6,12,14H,4,7-10H2;(H2,1,2,3,4). The predicted octanol–water partition coefficient (Wildman–Crippen LogP) is 1.32. The summed E-state index contributed by atoms with van der Waals surface area (Å²) in [6.07, 6.45) is 1.03. The fourth-order valence-corrected chi connectivity index (χ4v) is 1.27. The molecule has 0 radical (unpaired) electrons. The van der Waals surface area contributed by atoms with E-state index in [-0.39, 0.29) is 0 Å². The van der Waals surface area contributed by atoms with Gasteiger partial charge in [-0.25, -0.2) is 0 Å². The molecule has 0 spiro atoms. The molecule has 0 heterocycles. The number of rotatable bonds is 7. The Hall–Kier alpha value is -0.800. The van der Waals surface area contributed by atoms with Gasteiger partial charge in [-0.15, -0.1) is 0 Å². The highest BCUT2D eigenvalue weighted by molar-refractivity contribution is 7.80. The monoisotopic (exact) mass is 309 g/mol. The van der Waals surface area contributed by atoms with E-state index in [0.717, 1.165) is 37.6 Å². The van der Waals surface area contributed by atoms with Crippen molar-refractivity contribution in [1.82, 2.24) is 5.32 Å². The third kappa shape index (κ3) is 17.2. The van der Waals surface area contributed by atoms with Crippen LogP contribution in [0.2, 0.25) is 0 Å². The summed E-state index contributed by atoms with van der Waals surface area (Å²) in [5.41, 5.74) is 0.